The maximum Gasteiger partial charge on any atom is 0.416 e. The van der Waals surface area contributed by atoms with Crippen molar-refractivity contribution < 1.29 is 27.9 Å². The molecule has 2 N–H and O–H groups in total. The molecule has 1 saturated carbocycles. The number of hydrogen-bond donors (Lipinski definition) is 2. The van der Waals surface area contributed by atoms with Crippen LogP contribution in [0.4, 0.5) is 18.9 Å². The van der Waals surface area contributed by atoms with E-state index in [4.69, 9.17) is 5.11 Å². The van der Waals surface area contributed by atoms with Crippen LogP contribution in [0.25, 0.3) is 0 Å². The van der Waals surface area contributed by atoms with Crippen molar-refractivity contribution >= 4 is 17.6 Å². The fourth-order valence-corrected chi connectivity index (χ4v) is 2.94. The monoisotopic (exact) mass is 363 g/mol. The summed E-state index contributed by atoms with van der Waals surface area (Å²) < 4.78 is 37.8. The lowest BCUT2D eigenvalue weighted by Gasteiger charge is -2.08. The quantitative estimate of drug-likeness (QED) is 0.841. The minimum absolute atomic E-state index is 0.0977. The molecule has 2 aromatic rings. The Bertz CT molecular complexity index is 831. The Morgan fingerprint density at radius 3 is 2.42 bits per heavy atom. The summed E-state index contributed by atoms with van der Waals surface area (Å²) in [4.78, 5) is 23.1. The van der Waals surface area contributed by atoms with Crippen LogP contribution in [-0.2, 0) is 22.2 Å². The summed E-state index contributed by atoms with van der Waals surface area (Å²) >= 11 is 0. The molecule has 0 heterocycles. The van der Waals surface area contributed by atoms with Crippen molar-refractivity contribution in [2.45, 2.75) is 24.9 Å². The number of aliphatic carboxylic acids is 1. The van der Waals surface area contributed by atoms with Gasteiger partial charge in [0, 0.05) is 11.6 Å². The minimum atomic E-state index is -4.38. The number of hydrogen-bond acceptors (Lipinski definition) is 2. The number of halogens is 3. The number of carboxylic acid groups (broad SMARTS) is 1. The lowest BCUT2D eigenvalue weighted by molar-refractivity contribution is -0.138. The zero-order chi connectivity index (χ0) is 18.9. The van der Waals surface area contributed by atoms with Gasteiger partial charge in [0.15, 0.2) is 0 Å². The smallest absolute Gasteiger partial charge is 0.416 e. The highest BCUT2D eigenvalue weighted by atomic mass is 19.4. The number of carboxylic acids is 1. The van der Waals surface area contributed by atoms with Gasteiger partial charge in [-0.3, -0.25) is 9.59 Å². The summed E-state index contributed by atoms with van der Waals surface area (Å²) in [5, 5.41) is 11.6. The summed E-state index contributed by atoms with van der Waals surface area (Å²) in [6.45, 7) is 0. The maximum atomic E-state index is 12.6. The lowest BCUT2D eigenvalue weighted by Crippen LogP contribution is -2.15. The van der Waals surface area contributed by atoms with Crippen LogP contribution in [0.5, 0.6) is 0 Å². The zero-order valence-electron chi connectivity index (χ0n) is 13.6. The first-order valence-corrected chi connectivity index (χ1v) is 8.03. The van der Waals surface area contributed by atoms with Crippen LogP contribution in [0.15, 0.2) is 48.5 Å². The SMILES string of the molecule is O=C(O)Cc1cccc(NC(=O)C2CC2c2ccc(C(F)(F)F)cc2)c1. The van der Waals surface area contributed by atoms with Crippen molar-refractivity contribution in [1.82, 2.24) is 0 Å². The van der Waals surface area contributed by atoms with E-state index in [0.29, 0.717) is 23.2 Å². The molecule has 0 aromatic heterocycles. The van der Waals surface area contributed by atoms with Gasteiger partial charge in [0.05, 0.1) is 12.0 Å². The molecule has 2 atom stereocenters. The molecule has 136 valence electrons. The molecule has 0 bridgehead atoms. The Hall–Kier alpha value is -2.83. The Kier molecular flexibility index (Phi) is 4.71. The highest BCUT2D eigenvalue weighted by molar-refractivity contribution is 5.95. The number of carbonyl (C=O) groups excluding carboxylic acids is 1. The van der Waals surface area contributed by atoms with Gasteiger partial charge >= 0.3 is 12.1 Å². The normalized spacial score (nSPS) is 19.0. The maximum absolute atomic E-state index is 12.6. The Balaban J connectivity index is 1.62. The van der Waals surface area contributed by atoms with Gasteiger partial charge < -0.3 is 10.4 Å². The molecule has 0 aliphatic heterocycles. The van der Waals surface area contributed by atoms with E-state index < -0.39 is 17.7 Å². The zero-order valence-corrected chi connectivity index (χ0v) is 13.6. The first kappa shape index (κ1) is 18.0. The number of alkyl halides is 3. The molecule has 7 heteroatoms. The minimum Gasteiger partial charge on any atom is -0.481 e. The first-order chi connectivity index (χ1) is 12.2. The summed E-state index contributed by atoms with van der Waals surface area (Å²) in [7, 11) is 0. The average Bonchev–Trinajstić information content (AvgIpc) is 3.34. The van der Waals surface area contributed by atoms with Crippen LogP contribution in [0.2, 0.25) is 0 Å². The molecule has 1 fully saturated rings. The Morgan fingerprint density at radius 2 is 1.81 bits per heavy atom. The summed E-state index contributed by atoms with van der Waals surface area (Å²) in [6, 6.07) is 11.5. The molecule has 1 aliphatic rings. The average molecular weight is 363 g/mol. The van der Waals surface area contributed by atoms with E-state index in [1.807, 2.05) is 0 Å². The van der Waals surface area contributed by atoms with Gasteiger partial charge in [-0.15, -0.1) is 0 Å². The molecule has 26 heavy (non-hydrogen) atoms. The Labute approximate surface area is 147 Å². The van der Waals surface area contributed by atoms with E-state index in [1.54, 1.807) is 24.3 Å². The molecule has 0 radical (unpaired) electrons. The topological polar surface area (TPSA) is 66.4 Å². The highest BCUT2D eigenvalue weighted by Crippen LogP contribution is 2.48. The molecule has 3 rings (SSSR count). The van der Waals surface area contributed by atoms with E-state index in [2.05, 4.69) is 5.32 Å². The summed E-state index contributed by atoms with van der Waals surface area (Å²) in [5.41, 5.74) is 1.08. The molecule has 1 amide bonds. The van der Waals surface area contributed by atoms with Crippen LogP contribution in [0.3, 0.4) is 0 Å². The number of carbonyl (C=O) groups is 2. The third-order valence-electron chi connectivity index (χ3n) is 4.34. The molecule has 2 aromatic carbocycles. The molecule has 2 unspecified atom stereocenters. The van der Waals surface area contributed by atoms with Gasteiger partial charge in [0.1, 0.15) is 0 Å². The van der Waals surface area contributed by atoms with Crippen LogP contribution < -0.4 is 5.32 Å². The van der Waals surface area contributed by atoms with Gasteiger partial charge in [0.2, 0.25) is 5.91 Å². The van der Waals surface area contributed by atoms with Crippen LogP contribution in [0, 0.1) is 5.92 Å². The third kappa shape index (κ3) is 4.22. The lowest BCUT2D eigenvalue weighted by atomic mass is 10.1. The number of amides is 1. The second-order valence-electron chi connectivity index (χ2n) is 6.33. The third-order valence-corrected chi connectivity index (χ3v) is 4.34. The summed E-state index contributed by atoms with van der Waals surface area (Å²) in [5.74, 6) is -1.57. The van der Waals surface area contributed by atoms with Gasteiger partial charge in [-0.2, -0.15) is 13.2 Å². The highest BCUT2D eigenvalue weighted by Gasteiger charge is 2.44. The van der Waals surface area contributed by atoms with E-state index in [0.717, 1.165) is 12.1 Å². The van der Waals surface area contributed by atoms with Crippen molar-refractivity contribution in [3.05, 3.63) is 65.2 Å². The Morgan fingerprint density at radius 1 is 1.12 bits per heavy atom. The second kappa shape index (κ2) is 6.82. The number of anilines is 1. The largest absolute Gasteiger partial charge is 0.481 e. The molecule has 0 saturated heterocycles. The molecular weight excluding hydrogens is 347 g/mol. The fraction of sp³-hybridized carbons (Fsp3) is 0.263. The van der Waals surface area contributed by atoms with Crippen molar-refractivity contribution in [2.75, 3.05) is 5.32 Å². The number of nitrogens with one attached hydrogen (secondary N) is 1. The molecular formula is C19H16F3NO3. The second-order valence-corrected chi connectivity index (χ2v) is 6.33. The number of rotatable bonds is 5. The van der Waals surface area contributed by atoms with Crippen LogP contribution >= 0.6 is 0 Å². The predicted molar refractivity (Wildman–Crippen MR) is 88.7 cm³/mol. The van der Waals surface area contributed by atoms with E-state index in [1.165, 1.54) is 12.1 Å². The standard InChI is InChI=1S/C19H16F3NO3/c20-19(21,22)13-6-4-12(5-7-13)15-10-16(15)18(26)23-14-3-1-2-11(8-14)9-17(24)25/h1-8,15-16H,9-10H2,(H,23,26)(H,24,25). The fourth-order valence-electron chi connectivity index (χ4n) is 2.94. The van der Waals surface area contributed by atoms with E-state index in [9.17, 15) is 22.8 Å². The van der Waals surface area contributed by atoms with Crippen LogP contribution in [-0.4, -0.2) is 17.0 Å². The predicted octanol–water partition coefficient (Wildman–Crippen LogP) is 4.07. The van der Waals surface area contributed by atoms with Crippen molar-refractivity contribution in [2.24, 2.45) is 5.92 Å². The molecule has 1 aliphatic carbocycles. The van der Waals surface area contributed by atoms with Gasteiger partial charge in [-0.25, -0.2) is 0 Å². The van der Waals surface area contributed by atoms with E-state index >= 15 is 0 Å². The van der Waals surface area contributed by atoms with E-state index in [-0.39, 0.29) is 24.2 Å². The van der Waals surface area contributed by atoms with Gasteiger partial charge in [-0.05, 0) is 47.7 Å². The molecule has 0 spiro atoms. The van der Waals surface area contributed by atoms with Crippen molar-refractivity contribution in [3.8, 4) is 0 Å². The van der Waals surface area contributed by atoms with Gasteiger partial charge in [-0.1, -0.05) is 24.3 Å². The first-order valence-electron chi connectivity index (χ1n) is 8.03. The van der Waals surface area contributed by atoms with Crippen molar-refractivity contribution in [3.63, 3.8) is 0 Å². The van der Waals surface area contributed by atoms with Gasteiger partial charge in [0.25, 0.3) is 0 Å². The number of benzene rings is 2. The summed E-state index contributed by atoms with van der Waals surface area (Å²) in [6.07, 6.45) is -3.94. The molecule has 4 nitrogen and oxygen atoms in total. The van der Waals surface area contributed by atoms with Crippen LogP contribution in [0.1, 0.15) is 29.0 Å². The van der Waals surface area contributed by atoms with Crippen molar-refractivity contribution in [1.29, 1.82) is 0 Å².